The fourth-order valence-corrected chi connectivity index (χ4v) is 5.92. The van der Waals surface area contributed by atoms with Crippen LogP contribution >= 0.6 is 48.0 Å². The molecule has 172 valence electrons. The van der Waals surface area contributed by atoms with Gasteiger partial charge in [0, 0.05) is 9.79 Å². The molecule has 33 heavy (non-hydrogen) atoms. The molecule has 0 atom stereocenters. The van der Waals surface area contributed by atoms with E-state index >= 15 is 0 Å². The molecule has 0 bridgehead atoms. The van der Waals surface area contributed by atoms with Crippen molar-refractivity contribution in [3.8, 4) is 0 Å². The van der Waals surface area contributed by atoms with Crippen molar-refractivity contribution < 1.29 is 0 Å². The number of nitrogens with one attached hydrogen (secondary N) is 2. The molecule has 0 heterocycles. The van der Waals surface area contributed by atoms with Gasteiger partial charge in [0.1, 0.15) is 8.64 Å². The van der Waals surface area contributed by atoms with Crippen molar-refractivity contribution in [1.82, 2.24) is 0 Å². The summed E-state index contributed by atoms with van der Waals surface area (Å²) in [5, 5.41) is 6.89. The van der Waals surface area contributed by atoms with Crippen LogP contribution in [0.2, 0.25) is 0 Å². The maximum atomic E-state index is 5.73. The first kappa shape index (κ1) is 25.8. The zero-order valence-electron chi connectivity index (χ0n) is 19.3. The number of thiocarbonyl (C=S) groups is 2. The van der Waals surface area contributed by atoms with E-state index < -0.39 is 0 Å². The second kappa shape index (κ2) is 13.1. The highest BCUT2D eigenvalue weighted by atomic mass is 32.2. The van der Waals surface area contributed by atoms with E-state index in [1.165, 1.54) is 20.9 Å². The van der Waals surface area contributed by atoms with Gasteiger partial charge in [0.2, 0.25) is 0 Å². The van der Waals surface area contributed by atoms with Crippen molar-refractivity contribution in [1.29, 1.82) is 0 Å². The van der Waals surface area contributed by atoms with Crippen LogP contribution in [0.15, 0.2) is 76.5 Å². The molecular weight excluding hydrogens is 481 g/mol. The smallest absolute Gasteiger partial charge is 0.143 e. The fraction of sp³-hybridized carbons (Fsp3) is 0.259. The molecule has 3 rings (SSSR count). The van der Waals surface area contributed by atoms with Crippen LogP contribution < -0.4 is 10.6 Å². The Morgan fingerprint density at radius 1 is 0.697 bits per heavy atom. The van der Waals surface area contributed by atoms with Gasteiger partial charge in [-0.15, -0.1) is 0 Å². The van der Waals surface area contributed by atoms with Gasteiger partial charge in [0.15, 0.2) is 0 Å². The average Bonchev–Trinajstić information content (AvgIpc) is 2.79. The molecule has 0 fully saturated rings. The number of benzene rings is 3. The second-order valence-corrected chi connectivity index (χ2v) is 11.2. The van der Waals surface area contributed by atoms with Crippen LogP contribution in [0, 0.1) is 6.92 Å². The number of thioether (sulfide) groups is 2. The molecule has 3 aromatic rings. The first-order valence-corrected chi connectivity index (χ1v) is 13.7. The molecule has 3 aromatic carbocycles. The molecule has 0 amide bonds. The fourth-order valence-electron chi connectivity index (χ4n) is 3.56. The van der Waals surface area contributed by atoms with E-state index in [1.807, 2.05) is 12.1 Å². The molecule has 0 saturated carbocycles. The van der Waals surface area contributed by atoms with E-state index in [-0.39, 0.29) is 0 Å². The van der Waals surface area contributed by atoms with Gasteiger partial charge in [0.05, 0.1) is 11.4 Å². The van der Waals surface area contributed by atoms with E-state index in [2.05, 4.69) is 86.0 Å². The van der Waals surface area contributed by atoms with Gasteiger partial charge in [-0.05, 0) is 54.7 Å². The Balaban J connectivity index is 1.73. The lowest BCUT2D eigenvalue weighted by molar-refractivity contribution is 0.901. The highest BCUT2D eigenvalue weighted by Crippen LogP contribution is 2.32. The molecule has 0 unspecified atom stereocenters. The predicted octanol–water partition coefficient (Wildman–Crippen LogP) is 8.88. The van der Waals surface area contributed by atoms with Crippen molar-refractivity contribution in [3.05, 3.63) is 83.4 Å². The Morgan fingerprint density at radius 3 is 1.76 bits per heavy atom. The zero-order valence-corrected chi connectivity index (χ0v) is 22.6. The first-order chi connectivity index (χ1) is 16.0. The van der Waals surface area contributed by atoms with Crippen LogP contribution in [0.25, 0.3) is 0 Å². The predicted molar refractivity (Wildman–Crippen MR) is 156 cm³/mol. The van der Waals surface area contributed by atoms with Crippen molar-refractivity contribution in [2.75, 3.05) is 10.6 Å². The van der Waals surface area contributed by atoms with Gasteiger partial charge in [-0.2, -0.15) is 0 Å². The summed E-state index contributed by atoms with van der Waals surface area (Å²) in [6, 6.07) is 23.1. The molecule has 2 nitrogen and oxygen atoms in total. The van der Waals surface area contributed by atoms with Crippen LogP contribution in [0.5, 0.6) is 0 Å². The van der Waals surface area contributed by atoms with Gasteiger partial charge >= 0.3 is 0 Å². The minimum atomic E-state index is 0.721. The summed E-state index contributed by atoms with van der Waals surface area (Å²) in [4.78, 5) is 2.41. The summed E-state index contributed by atoms with van der Waals surface area (Å²) in [5.41, 5.74) is 5.68. The van der Waals surface area contributed by atoms with Crippen molar-refractivity contribution in [3.63, 3.8) is 0 Å². The van der Waals surface area contributed by atoms with Crippen LogP contribution in [-0.2, 0) is 12.8 Å². The van der Waals surface area contributed by atoms with E-state index in [0.29, 0.717) is 0 Å². The average molecular weight is 511 g/mol. The van der Waals surface area contributed by atoms with E-state index in [0.717, 1.165) is 51.3 Å². The SMILES string of the molecule is CCCc1ccccc1SC(=S)Nc1cccc(C)c1NC(=S)Sc1ccccc1CCC. The lowest BCUT2D eigenvalue weighted by atomic mass is 10.1. The van der Waals surface area contributed by atoms with E-state index in [4.69, 9.17) is 24.4 Å². The number of hydrogen-bond acceptors (Lipinski definition) is 4. The summed E-state index contributed by atoms with van der Waals surface area (Å²) < 4.78 is 1.45. The standard InChI is InChI=1S/C27H30N2S4/c1-4-11-20-14-6-8-17-23(20)32-26(30)28-22-16-10-13-19(3)25(22)29-27(31)33-24-18-9-7-15-21(24)12-5-2/h6-10,13-18H,4-5,11-12H2,1-3H3,(H,28,30)(H,29,31). The Hall–Kier alpha value is -1.86. The van der Waals surface area contributed by atoms with Gasteiger partial charge in [-0.3, -0.25) is 0 Å². The summed E-state index contributed by atoms with van der Waals surface area (Å²) in [7, 11) is 0. The molecule has 0 aliphatic heterocycles. The molecular formula is C27H30N2S4. The van der Waals surface area contributed by atoms with Gasteiger partial charge < -0.3 is 10.6 Å². The molecule has 0 saturated heterocycles. The maximum absolute atomic E-state index is 5.73. The Morgan fingerprint density at radius 2 is 1.21 bits per heavy atom. The van der Waals surface area contributed by atoms with Gasteiger partial charge in [0.25, 0.3) is 0 Å². The number of rotatable bonds is 8. The summed E-state index contributed by atoms with van der Waals surface area (Å²) >= 11 is 14.7. The maximum Gasteiger partial charge on any atom is 0.143 e. The summed E-state index contributed by atoms with van der Waals surface area (Å²) in [5.74, 6) is 0. The quantitative estimate of drug-likeness (QED) is 0.232. The van der Waals surface area contributed by atoms with E-state index in [1.54, 1.807) is 23.5 Å². The lowest BCUT2D eigenvalue weighted by Crippen LogP contribution is -2.12. The normalized spacial score (nSPS) is 10.6. The number of aryl methyl sites for hydroxylation is 3. The van der Waals surface area contributed by atoms with Crippen molar-refractivity contribution in [2.24, 2.45) is 0 Å². The third-order valence-corrected chi connectivity index (χ3v) is 7.64. The Labute approximate surface area is 217 Å². The number of hydrogen-bond donors (Lipinski definition) is 2. The zero-order chi connectivity index (χ0) is 23.6. The highest BCUT2D eigenvalue weighted by molar-refractivity contribution is 8.23. The summed E-state index contributed by atoms with van der Waals surface area (Å²) in [6.07, 6.45) is 4.32. The van der Waals surface area contributed by atoms with Gasteiger partial charge in [-0.25, -0.2) is 0 Å². The molecule has 0 aliphatic carbocycles. The van der Waals surface area contributed by atoms with Crippen LogP contribution in [0.4, 0.5) is 11.4 Å². The largest absolute Gasteiger partial charge is 0.339 e. The monoisotopic (exact) mass is 510 g/mol. The van der Waals surface area contributed by atoms with Crippen LogP contribution in [0.3, 0.4) is 0 Å². The van der Waals surface area contributed by atoms with Gasteiger partial charge in [-0.1, -0.05) is 123 Å². The third-order valence-electron chi connectivity index (χ3n) is 5.13. The molecule has 6 heteroatoms. The summed E-state index contributed by atoms with van der Waals surface area (Å²) in [6.45, 7) is 6.48. The van der Waals surface area contributed by atoms with Crippen molar-refractivity contribution in [2.45, 2.75) is 56.2 Å². The highest BCUT2D eigenvalue weighted by Gasteiger charge is 2.13. The molecule has 0 aliphatic rings. The third kappa shape index (κ3) is 7.57. The molecule has 0 radical (unpaired) electrons. The molecule has 0 aromatic heterocycles. The lowest BCUT2D eigenvalue weighted by Gasteiger charge is -2.18. The van der Waals surface area contributed by atoms with E-state index in [9.17, 15) is 0 Å². The second-order valence-electron chi connectivity index (χ2n) is 7.74. The minimum Gasteiger partial charge on any atom is -0.339 e. The Kier molecular flexibility index (Phi) is 10.3. The van der Waals surface area contributed by atoms with Crippen LogP contribution in [0.1, 0.15) is 43.4 Å². The first-order valence-electron chi connectivity index (χ1n) is 11.2. The number of anilines is 2. The Bertz CT molecular complexity index is 1110. The minimum absolute atomic E-state index is 0.721. The van der Waals surface area contributed by atoms with Crippen LogP contribution in [-0.4, -0.2) is 8.64 Å². The topological polar surface area (TPSA) is 24.1 Å². The number of para-hydroxylation sites is 1. The molecule has 2 N–H and O–H groups in total. The van der Waals surface area contributed by atoms with Crippen molar-refractivity contribution >= 4 is 68.0 Å². The molecule has 0 spiro atoms.